The van der Waals surface area contributed by atoms with Crippen molar-refractivity contribution in [3.63, 3.8) is 0 Å². The Morgan fingerprint density at radius 3 is 2.57 bits per heavy atom. The number of aromatic nitrogens is 1. The van der Waals surface area contributed by atoms with Crippen LogP contribution in [0.4, 0.5) is 0 Å². The van der Waals surface area contributed by atoms with Gasteiger partial charge in [-0.15, -0.1) is 0 Å². The van der Waals surface area contributed by atoms with Crippen molar-refractivity contribution in [2.24, 2.45) is 4.99 Å². The summed E-state index contributed by atoms with van der Waals surface area (Å²) in [5.74, 6) is -0.884. The highest BCUT2D eigenvalue weighted by molar-refractivity contribution is 7.16. The van der Waals surface area contributed by atoms with Gasteiger partial charge in [0.2, 0.25) is 0 Å². The number of fused-ring (bicyclic) bond motifs is 1. The van der Waals surface area contributed by atoms with E-state index in [1.54, 1.807) is 54.0 Å². The zero-order valence-corrected chi connectivity index (χ0v) is 17.3. The van der Waals surface area contributed by atoms with Gasteiger partial charge in [0.05, 0.1) is 29.5 Å². The molecule has 0 N–H and O–H groups in total. The first-order valence-electron chi connectivity index (χ1n) is 9.14. The topological polar surface area (TPSA) is 96.2 Å². The Kier molecular flexibility index (Phi) is 6.97. The molecule has 0 aliphatic heterocycles. The molecule has 0 unspecified atom stereocenters. The summed E-state index contributed by atoms with van der Waals surface area (Å²) < 4.78 is 17.5. The Hall–Kier alpha value is -3.46. The van der Waals surface area contributed by atoms with Gasteiger partial charge in [-0.1, -0.05) is 29.5 Å². The SMILES string of the molecule is CCOC(=O)c1ccc2c(c1)sc(=NC(=O)COc1ccccc1)n2CC(=O)OC. The maximum absolute atomic E-state index is 12.3. The number of amides is 1. The number of nitrogens with zero attached hydrogens (tertiary/aromatic N) is 2. The Bertz CT molecular complexity index is 1130. The molecule has 30 heavy (non-hydrogen) atoms. The number of thiazole rings is 1. The van der Waals surface area contributed by atoms with Gasteiger partial charge in [-0.25, -0.2) is 4.79 Å². The third kappa shape index (κ3) is 5.12. The first-order chi connectivity index (χ1) is 14.5. The van der Waals surface area contributed by atoms with E-state index in [0.29, 0.717) is 26.3 Å². The van der Waals surface area contributed by atoms with Gasteiger partial charge in [0.1, 0.15) is 12.3 Å². The number of carbonyl (C=O) groups excluding carboxylic acids is 3. The Morgan fingerprint density at radius 2 is 1.87 bits per heavy atom. The number of para-hydroxylation sites is 1. The first-order valence-corrected chi connectivity index (χ1v) is 9.96. The van der Waals surface area contributed by atoms with Crippen LogP contribution < -0.4 is 9.54 Å². The standard InChI is InChI=1S/C21H20N2O6S/c1-3-28-20(26)14-9-10-16-17(11-14)30-21(23(16)12-19(25)27-2)22-18(24)13-29-15-7-5-4-6-8-15/h4-11H,3,12-13H2,1-2H3. The maximum atomic E-state index is 12.3. The molecule has 156 valence electrons. The number of methoxy groups -OCH3 is 1. The van der Waals surface area contributed by atoms with Crippen LogP contribution >= 0.6 is 11.3 Å². The van der Waals surface area contributed by atoms with Gasteiger partial charge >= 0.3 is 11.9 Å². The second kappa shape index (κ2) is 9.84. The van der Waals surface area contributed by atoms with E-state index in [1.165, 1.54) is 18.4 Å². The number of rotatable bonds is 7. The van der Waals surface area contributed by atoms with Crippen molar-refractivity contribution in [1.29, 1.82) is 0 Å². The highest BCUT2D eigenvalue weighted by atomic mass is 32.1. The van der Waals surface area contributed by atoms with Crippen LogP contribution in [-0.2, 0) is 25.6 Å². The van der Waals surface area contributed by atoms with Gasteiger partial charge in [0, 0.05) is 0 Å². The van der Waals surface area contributed by atoms with Crippen LogP contribution in [0, 0.1) is 0 Å². The van der Waals surface area contributed by atoms with Crippen LogP contribution in [0.2, 0.25) is 0 Å². The van der Waals surface area contributed by atoms with E-state index in [4.69, 9.17) is 14.2 Å². The molecule has 0 atom stereocenters. The number of hydrogen-bond donors (Lipinski definition) is 0. The number of ether oxygens (including phenoxy) is 3. The fraction of sp³-hybridized carbons (Fsp3) is 0.238. The summed E-state index contributed by atoms with van der Waals surface area (Å²) in [6.07, 6.45) is 0. The molecule has 0 aliphatic carbocycles. The lowest BCUT2D eigenvalue weighted by molar-refractivity contribution is -0.141. The monoisotopic (exact) mass is 428 g/mol. The van der Waals surface area contributed by atoms with E-state index in [9.17, 15) is 14.4 Å². The summed E-state index contributed by atoms with van der Waals surface area (Å²) >= 11 is 1.18. The third-order valence-electron chi connectivity index (χ3n) is 4.03. The quantitative estimate of drug-likeness (QED) is 0.537. The van der Waals surface area contributed by atoms with Crippen molar-refractivity contribution in [1.82, 2.24) is 4.57 Å². The van der Waals surface area contributed by atoms with E-state index in [-0.39, 0.29) is 19.8 Å². The zero-order valence-electron chi connectivity index (χ0n) is 16.5. The largest absolute Gasteiger partial charge is 0.484 e. The highest BCUT2D eigenvalue weighted by Crippen LogP contribution is 2.20. The highest BCUT2D eigenvalue weighted by Gasteiger charge is 2.15. The summed E-state index contributed by atoms with van der Waals surface area (Å²) in [5, 5.41) is 0. The predicted molar refractivity (Wildman–Crippen MR) is 110 cm³/mol. The molecule has 0 saturated heterocycles. The molecular weight excluding hydrogens is 408 g/mol. The minimum absolute atomic E-state index is 0.124. The molecule has 0 aliphatic rings. The molecule has 0 bridgehead atoms. The average Bonchev–Trinajstić information content (AvgIpc) is 3.09. The van der Waals surface area contributed by atoms with E-state index in [0.717, 1.165) is 0 Å². The summed E-state index contributed by atoms with van der Waals surface area (Å²) in [6.45, 7) is 1.62. The smallest absolute Gasteiger partial charge is 0.338 e. The average molecular weight is 428 g/mol. The minimum Gasteiger partial charge on any atom is -0.484 e. The third-order valence-corrected chi connectivity index (χ3v) is 5.08. The lowest BCUT2D eigenvalue weighted by Crippen LogP contribution is -2.23. The number of carbonyl (C=O) groups is 3. The van der Waals surface area contributed by atoms with Gasteiger partial charge in [-0.05, 0) is 37.3 Å². The molecule has 1 amide bonds. The maximum Gasteiger partial charge on any atom is 0.338 e. The van der Waals surface area contributed by atoms with E-state index < -0.39 is 17.8 Å². The summed E-state index contributed by atoms with van der Waals surface area (Å²) in [4.78, 5) is 40.6. The molecule has 1 heterocycles. The van der Waals surface area contributed by atoms with Gasteiger partial charge in [0.15, 0.2) is 11.4 Å². The van der Waals surface area contributed by atoms with Crippen molar-refractivity contribution < 1.29 is 28.6 Å². The fourth-order valence-electron chi connectivity index (χ4n) is 2.65. The molecule has 3 aromatic rings. The molecular formula is C21H20N2O6S. The molecule has 3 rings (SSSR count). The van der Waals surface area contributed by atoms with Crippen LogP contribution in [0.1, 0.15) is 17.3 Å². The lowest BCUT2D eigenvalue weighted by Gasteiger charge is -2.05. The molecule has 2 aromatic carbocycles. The van der Waals surface area contributed by atoms with Crippen molar-refractivity contribution in [2.75, 3.05) is 20.3 Å². The van der Waals surface area contributed by atoms with Gasteiger partial charge in [-0.2, -0.15) is 4.99 Å². The van der Waals surface area contributed by atoms with Crippen LogP contribution in [0.25, 0.3) is 10.2 Å². The molecule has 0 saturated carbocycles. The van der Waals surface area contributed by atoms with Crippen LogP contribution in [0.15, 0.2) is 53.5 Å². The number of hydrogen-bond acceptors (Lipinski definition) is 7. The van der Waals surface area contributed by atoms with E-state index >= 15 is 0 Å². The Morgan fingerprint density at radius 1 is 1.10 bits per heavy atom. The molecule has 0 radical (unpaired) electrons. The van der Waals surface area contributed by atoms with Gasteiger partial charge in [-0.3, -0.25) is 9.59 Å². The lowest BCUT2D eigenvalue weighted by atomic mass is 10.2. The van der Waals surface area contributed by atoms with E-state index in [1.807, 2.05) is 6.07 Å². The first kappa shape index (κ1) is 21.3. The van der Waals surface area contributed by atoms with Crippen molar-refractivity contribution >= 4 is 39.4 Å². The molecule has 0 fully saturated rings. The van der Waals surface area contributed by atoms with Crippen molar-refractivity contribution in [3.8, 4) is 5.75 Å². The molecule has 1 aromatic heterocycles. The second-order valence-corrected chi connectivity index (χ2v) is 7.07. The number of esters is 2. The van der Waals surface area contributed by atoms with Crippen molar-refractivity contribution in [2.45, 2.75) is 13.5 Å². The summed E-state index contributed by atoms with van der Waals surface area (Å²) in [5.41, 5.74) is 1.02. The van der Waals surface area contributed by atoms with Gasteiger partial charge in [0.25, 0.3) is 5.91 Å². The van der Waals surface area contributed by atoms with E-state index in [2.05, 4.69) is 4.99 Å². The number of benzene rings is 2. The molecule has 9 heteroatoms. The Balaban J connectivity index is 1.94. The fourth-order valence-corrected chi connectivity index (χ4v) is 3.73. The van der Waals surface area contributed by atoms with Crippen LogP contribution in [0.3, 0.4) is 0 Å². The molecule has 8 nitrogen and oxygen atoms in total. The zero-order chi connectivity index (χ0) is 21.5. The summed E-state index contributed by atoms with van der Waals surface area (Å²) in [7, 11) is 1.28. The molecule has 0 spiro atoms. The van der Waals surface area contributed by atoms with Gasteiger partial charge < -0.3 is 18.8 Å². The summed E-state index contributed by atoms with van der Waals surface area (Å²) in [6, 6.07) is 13.9. The minimum atomic E-state index is -0.505. The predicted octanol–water partition coefficient (Wildman–Crippen LogP) is 2.56. The Labute approximate surface area is 176 Å². The normalized spacial score (nSPS) is 11.3. The van der Waals surface area contributed by atoms with Crippen LogP contribution in [-0.4, -0.2) is 42.7 Å². The van der Waals surface area contributed by atoms with Crippen molar-refractivity contribution in [3.05, 3.63) is 58.9 Å². The van der Waals surface area contributed by atoms with Crippen LogP contribution in [0.5, 0.6) is 5.75 Å². The second-order valence-electron chi connectivity index (χ2n) is 6.06.